The molecule has 1 aliphatic carbocycles. The van der Waals surface area contributed by atoms with Crippen molar-refractivity contribution in [2.45, 2.75) is 58.6 Å². The van der Waals surface area contributed by atoms with Gasteiger partial charge in [-0.15, -0.1) is 0 Å². The van der Waals surface area contributed by atoms with Crippen LogP contribution in [0.2, 0.25) is 0 Å². The minimum absolute atomic E-state index is 0.132. The second-order valence-electron chi connectivity index (χ2n) is 8.33. The van der Waals surface area contributed by atoms with Gasteiger partial charge >= 0.3 is 0 Å². The van der Waals surface area contributed by atoms with Crippen LogP contribution < -0.4 is 10.6 Å². The first kappa shape index (κ1) is 20.6. The number of nitro benzene ring substituents is 1. The second-order valence-corrected chi connectivity index (χ2v) is 8.33. The maximum absolute atomic E-state index is 10.7. The number of non-ortho nitro benzene ring substituents is 1. The number of guanidine groups is 1. The summed E-state index contributed by atoms with van der Waals surface area (Å²) in [6, 6.07) is 7.22. The first-order chi connectivity index (χ1) is 13.4. The highest BCUT2D eigenvalue weighted by Gasteiger charge is 2.59. The fourth-order valence-corrected chi connectivity index (χ4v) is 4.50. The van der Waals surface area contributed by atoms with Crippen molar-refractivity contribution >= 4 is 11.6 Å². The molecule has 0 bridgehead atoms. The van der Waals surface area contributed by atoms with Gasteiger partial charge in [0, 0.05) is 49.2 Å². The largest absolute Gasteiger partial charge is 0.377 e. The number of hydrogen-bond acceptors (Lipinski definition) is 4. The summed E-state index contributed by atoms with van der Waals surface area (Å²) in [6.07, 6.45) is 4.40. The molecule has 1 aliphatic heterocycles. The molecule has 1 saturated heterocycles. The van der Waals surface area contributed by atoms with Gasteiger partial charge < -0.3 is 15.4 Å². The zero-order chi connectivity index (χ0) is 20.1. The lowest BCUT2D eigenvalue weighted by Crippen LogP contribution is -2.67. The normalized spacial score (nSPS) is 25.7. The summed E-state index contributed by atoms with van der Waals surface area (Å²) >= 11 is 0. The van der Waals surface area contributed by atoms with Gasteiger partial charge in [0.1, 0.15) is 0 Å². The average Bonchev–Trinajstić information content (AvgIpc) is 3.13. The number of aryl methyl sites for hydroxylation is 1. The van der Waals surface area contributed by atoms with Crippen LogP contribution in [0.3, 0.4) is 0 Å². The molecule has 2 N–H and O–H groups in total. The molecule has 7 nitrogen and oxygen atoms in total. The maximum atomic E-state index is 10.7. The second kappa shape index (κ2) is 8.90. The number of rotatable bonds is 8. The summed E-state index contributed by atoms with van der Waals surface area (Å²) in [5, 5.41) is 17.7. The molecule has 3 atom stereocenters. The molecule has 0 amide bonds. The first-order valence-corrected chi connectivity index (χ1v) is 10.3. The average molecular weight is 389 g/mol. The van der Waals surface area contributed by atoms with Gasteiger partial charge in [0.05, 0.1) is 11.0 Å². The lowest BCUT2D eigenvalue weighted by atomic mass is 9.57. The van der Waals surface area contributed by atoms with Crippen LogP contribution >= 0.6 is 0 Å². The third kappa shape index (κ3) is 4.46. The summed E-state index contributed by atoms with van der Waals surface area (Å²) in [5.41, 5.74) is 1.40. The molecule has 2 aliphatic rings. The minimum Gasteiger partial charge on any atom is -0.377 e. The molecule has 1 aromatic carbocycles. The Bertz CT molecular complexity index is 702. The van der Waals surface area contributed by atoms with Crippen LogP contribution in [0.15, 0.2) is 29.3 Å². The van der Waals surface area contributed by atoms with E-state index in [-0.39, 0.29) is 16.0 Å². The van der Waals surface area contributed by atoms with Gasteiger partial charge in [-0.25, -0.2) is 0 Å². The zero-order valence-electron chi connectivity index (χ0n) is 17.1. The van der Waals surface area contributed by atoms with Crippen molar-refractivity contribution in [3.8, 4) is 0 Å². The van der Waals surface area contributed by atoms with Crippen molar-refractivity contribution in [1.29, 1.82) is 0 Å². The first-order valence-electron chi connectivity index (χ1n) is 10.3. The molecule has 1 aromatic rings. The zero-order valence-corrected chi connectivity index (χ0v) is 17.1. The quantitative estimate of drug-likeness (QED) is 0.235. The molecule has 0 spiro atoms. The van der Waals surface area contributed by atoms with Gasteiger partial charge in [-0.05, 0) is 38.2 Å². The van der Waals surface area contributed by atoms with Crippen LogP contribution in [0.1, 0.15) is 45.6 Å². The molecule has 1 saturated carbocycles. The van der Waals surface area contributed by atoms with Crippen LogP contribution in [0.5, 0.6) is 0 Å². The summed E-state index contributed by atoms with van der Waals surface area (Å²) in [6.45, 7) is 9.09. The Hall–Kier alpha value is -2.15. The summed E-state index contributed by atoms with van der Waals surface area (Å²) in [7, 11) is 0. The molecule has 3 unspecified atom stereocenters. The van der Waals surface area contributed by atoms with E-state index in [1.807, 2.05) is 12.1 Å². The number of benzene rings is 1. The molecule has 1 heterocycles. The van der Waals surface area contributed by atoms with E-state index in [0.717, 1.165) is 56.9 Å². The van der Waals surface area contributed by atoms with Crippen LogP contribution in [0.25, 0.3) is 0 Å². The van der Waals surface area contributed by atoms with Crippen molar-refractivity contribution in [3.05, 3.63) is 39.9 Å². The fourth-order valence-electron chi connectivity index (χ4n) is 4.50. The van der Waals surface area contributed by atoms with Crippen molar-refractivity contribution in [2.75, 3.05) is 19.7 Å². The van der Waals surface area contributed by atoms with Gasteiger partial charge in [0.15, 0.2) is 5.96 Å². The number of fused-ring (bicyclic) bond motifs is 1. The Labute approximate surface area is 167 Å². The van der Waals surface area contributed by atoms with Gasteiger partial charge in [0.25, 0.3) is 5.69 Å². The van der Waals surface area contributed by atoms with E-state index in [1.54, 1.807) is 12.1 Å². The summed E-state index contributed by atoms with van der Waals surface area (Å²) < 4.78 is 5.88. The highest BCUT2D eigenvalue weighted by Crippen LogP contribution is 2.52. The molecule has 0 radical (unpaired) electrons. The molecular formula is C21H32N4O3. The van der Waals surface area contributed by atoms with Crippen LogP contribution in [0, 0.1) is 21.4 Å². The Balaban J connectivity index is 1.45. The van der Waals surface area contributed by atoms with Crippen molar-refractivity contribution in [2.24, 2.45) is 16.3 Å². The van der Waals surface area contributed by atoms with E-state index in [1.165, 1.54) is 0 Å². The van der Waals surface area contributed by atoms with Crippen molar-refractivity contribution < 1.29 is 9.66 Å². The third-order valence-electron chi connectivity index (χ3n) is 6.03. The Kier molecular flexibility index (Phi) is 6.54. The number of nitrogens with zero attached hydrogens (tertiary/aromatic N) is 2. The molecule has 7 heteroatoms. The Morgan fingerprint density at radius 1 is 1.32 bits per heavy atom. The molecule has 3 rings (SSSR count). The topological polar surface area (TPSA) is 88.8 Å². The van der Waals surface area contributed by atoms with Gasteiger partial charge in [-0.2, -0.15) is 0 Å². The maximum Gasteiger partial charge on any atom is 0.269 e. The predicted octanol–water partition coefficient (Wildman–Crippen LogP) is 3.29. The number of aliphatic imine (C=N–C) groups is 1. The van der Waals surface area contributed by atoms with E-state index in [0.29, 0.717) is 18.1 Å². The van der Waals surface area contributed by atoms with Gasteiger partial charge in [-0.3, -0.25) is 15.1 Å². The molecule has 28 heavy (non-hydrogen) atoms. The van der Waals surface area contributed by atoms with Crippen molar-refractivity contribution in [3.63, 3.8) is 0 Å². The molecule has 154 valence electrons. The number of ether oxygens (including phenoxy) is 1. The fraction of sp³-hybridized carbons (Fsp3) is 0.667. The molecule has 2 fully saturated rings. The lowest BCUT2D eigenvalue weighted by molar-refractivity contribution is -0.384. The third-order valence-corrected chi connectivity index (χ3v) is 6.03. The van der Waals surface area contributed by atoms with E-state index < -0.39 is 0 Å². The van der Waals surface area contributed by atoms with Crippen LogP contribution in [-0.2, 0) is 11.2 Å². The van der Waals surface area contributed by atoms with Crippen LogP contribution in [-0.4, -0.2) is 42.7 Å². The van der Waals surface area contributed by atoms with E-state index in [4.69, 9.17) is 9.73 Å². The van der Waals surface area contributed by atoms with Crippen molar-refractivity contribution in [1.82, 2.24) is 10.6 Å². The standard InChI is InChI=1S/C21H32N4O3/c1-4-22-20(24-18-17-12-14-28-19(17)21(18,2)3)23-13-6-5-7-15-8-10-16(11-9-15)25(26)27/h8-11,17-19H,4-7,12-14H2,1-3H3,(H2,22,23,24). The van der Waals surface area contributed by atoms with Crippen LogP contribution in [0.4, 0.5) is 5.69 Å². The van der Waals surface area contributed by atoms with E-state index >= 15 is 0 Å². The number of hydrogen-bond donors (Lipinski definition) is 2. The predicted molar refractivity (Wildman–Crippen MR) is 111 cm³/mol. The Morgan fingerprint density at radius 2 is 2.07 bits per heavy atom. The van der Waals surface area contributed by atoms with Gasteiger partial charge in [-0.1, -0.05) is 26.0 Å². The SMILES string of the molecule is CCNC(=NCCCCc1ccc([N+](=O)[O-])cc1)NC1C2CCOC2C1(C)C. The van der Waals surface area contributed by atoms with E-state index in [2.05, 4.69) is 31.4 Å². The number of nitro groups is 1. The number of unbranched alkanes of at least 4 members (excludes halogenated alkanes) is 1. The molecule has 0 aromatic heterocycles. The summed E-state index contributed by atoms with van der Waals surface area (Å²) in [5.74, 6) is 1.47. The Morgan fingerprint density at radius 3 is 2.75 bits per heavy atom. The summed E-state index contributed by atoms with van der Waals surface area (Å²) in [4.78, 5) is 15.1. The lowest BCUT2D eigenvalue weighted by Gasteiger charge is -2.54. The molecular weight excluding hydrogens is 356 g/mol. The highest BCUT2D eigenvalue weighted by molar-refractivity contribution is 5.80. The monoisotopic (exact) mass is 388 g/mol. The smallest absolute Gasteiger partial charge is 0.269 e. The highest BCUT2D eigenvalue weighted by atomic mass is 16.6. The van der Waals surface area contributed by atoms with E-state index in [9.17, 15) is 10.1 Å². The number of nitrogens with one attached hydrogen (secondary N) is 2. The minimum atomic E-state index is -0.364. The van der Waals surface area contributed by atoms with Gasteiger partial charge in [0.2, 0.25) is 0 Å².